The largest absolute Gasteiger partial charge is 0.309 e. The maximum absolute atomic E-state index is 4.39. The second kappa shape index (κ2) is 7.55. The fourth-order valence-electron chi connectivity index (χ4n) is 2.37. The van der Waals surface area contributed by atoms with Gasteiger partial charge < -0.3 is 5.32 Å². The van der Waals surface area contributed by atoms with Crippen molar-refractivity contribution < 1.29 is 0 Å². The van der Waals surface area contributed by atoms with E-state index in [9.17, 15) is 0 Å². The van der Waals surface area contributed by atoms with E-state index in [1.807, 2.05) is 5.51 Å². The van der Waals surface area contributed by atoms with Gasteiger partial charge in [0, 0.05) is 10.9 Å². The van der Waals surface area contributed by atoms with Crippen LogP contribution in [-0.4, -0.2) is 11.5 Å². The SMILES string of the molecule is CCCNC(Cc1ccc(CC)cc1)c1scnc1C. The maximum Gasteiger partial charge on any atom is 0.0798 e. The van der Waals surface area contributed by atoms with Crippen LogP contribution in [0.15, 0.2) is 29.8 Å². The molecule has 0 fully saturated rings. The zero-order valence-electron chi connectivity index (χ0n) is 12.6. The third-order valence-electron chi connectivity index (χ3n) is 3.61. The zero-order chi connectivity index (χ0) is 14.4. The number of aromatic nitrogens is 1. The van der Waals surface area contributed by atoms with Gasteiger partial charge in [-0.25, -0.2) is 4.98 Å². The molecule has 0 saturated heterocycles. The lowest BCUT2D eigenvalue weighted by Crippen LogP contribution is -2.24. The zero-order valence-corrected chi connectivity index (χ0v) is 13.5. The van der Waals surface area contributed by atoms with Crippen molar-refractivity contribution in [3.63, 3.8) is 0 Å². The van der Waals surface area contributed by atoms with Crippen LogP contribution in [0.2, 0.25) is 0 Å². The van der Waals surface area contributed by atoms with Gasteiger partial charge in [-0.05, 0) is 43.9 Å². The lowest BCUT2D eigenvalue weighted by Gasteiger charge is -2.18. The predicted molar refractivity (Wildman–Crippen MR) is 87.4 cm³/mol. The van der Waals surface area contributed by atoms with E-state index in [1.165, 1.54) is 16.0 Å². The Morgan fingerprint density at radius 3 is 2.40 bits per heavy atom. The quantitative estimate of drug-likeness (QED) is 0.821. The van der Waals surface area contributed by atoms with E-state index in [-0.39, 0.29) is 0 Å². The van der Waals surface area contributed by atoms with Crippen molar-refractivity contribution in [3.8, 4) is 0 Å². The minimum Gasteiger partial charge on any atom is -0.309 e. The molecule has 1 aromatic heterocycles. The summed E-state index contributed by atoms with van der Waals surface area (Å²) in [5, 5.41) is 3.66. The van der Waals surface area contributed by atoms with Gasteiger partial charge in [0.15, 0.2) is 0 Å². The summed E-state index contributed by atoms with van der Waals surface area (Å²) in [7, 11) is 0. The predicted octanol–water partition coefficient (Wildman–Crippen LogP) is 4.30. The van der Waals surface area contributed by atoms with E-state index >= 15 is 0 Å². The highest BCUT2D eigenvalue weighted by atomic mass is 32.1. The van der Waals surface area contributed by atoms with E-state index < -0.39 is 0 Å². The number of thiazole rings is 1. The molecule has 0 radical (unpaired) electrons. The van der Waals surface area contributed by atoms with Gasteiger partial charge in [-0.3, -0.25) is 0 Å². The van der Waals surface area contributed by atoms with Gasteiger partial charge in [0.25, 0.3) is 0 Å². The summed E-state index contributed by atoms with van der Waals surface area (Å²) in [6.45, 7) is 7.56. The average molecular weight is 288 g/mol. The van der Waals surface area contributed by atoms with Crippen LogP contribution in [0.1, 0.15) is 48.0 Å². The van der Waals surface area contributed by atoms with Crippen LogP contribution < -0.4 is 5.32 Å². The fraction of sp³-hybridized carbons (Fsp3) is 0.471. The van der Waals surface area contributed by atoms with Crippen LogP contribution in [0.5, 0.6) is 0 Å². The summed E-state index contributed by atoms with van der Waals surface area (Å²) in [6, 6.07) is 9.39. The number of aryl methyl sites for hydroxylation is 2. The molecular weight excluding hydrogens is 264 g/mol. The second-order valence-electron chi connectivity index (χ2n) is 5.18. The molecule has 2 rings (SSSR count). The number of rotatable bonds is 7. The van der Waals surface area contributed by atoms with E-state index in [1.54, 1.807) is 11.3 Å². The molecule has 1 atom stereocenters. The molecule has 0 aliphatic rings. The topological polar surface area (TPSA) is 24.9 Å². The molecule has 0 aliphatic heterocycles. The fourth-order valence-corrected chi connectivity index (χ4v) is 3.25. The number of nitrogens with zero attached hydrogens (tertiary/aromatic N) is 1. The van der Waals surface area contributed by atoms with Crippen molar-refractivity contribution in [2.75, 3.05) is 6.54 Å². The number of hydrogen-bond acceptors (Lipinski definition) is 3. The van der Waals surface area contributed by atoms with Gasteiger partial charge in [-0.15, -0.1) is 11.3 Å². The standard InChI is InChI=1S/C17H24N2S/c1-4-10-18-16(17-13(3)19-12-20-17)11-15-8-6-14(5-2)7-9-15/h6-9,12,16,18H,4-5,10-11H2,1-3H3. The molecule has 1 heterocycles. The molecule has 1 N–H and O–H groups in total. The highest BCUT2D eigenvalue weighted by Gasteiger charge is 2.16. The molecule has 0 aliphatic carbocycles. The van der Waals surface area contributed by atoms with E-state index in [0.717, 1.165) is 31.5 Å². The maximum atomic E-state index is 4.39. The number of nitrogens with one attached hydrogen (secondary N) is 1. The molecule has 0 bridgehead atoms. The van der Waals surface area contributed by atoms with Crippen LogP contribution in [0.25, 0.3) is 0 Å². The normalized spacial score (nSPS) is 12.6. The Kier molecular flexibility index (Phi) is 5.74. The number of hydrogen-bond donors (Lipinski definition) is 1. The highest BCUT2D eigenvalue weighted by molar-refractivity contribution is 7.09. The first kappa shape index (κ1) is 15.2. The van der Waals surface area contributed by atoms with Gasteiger partial charge in [-0.2, -0.15) is 0 Å². The average Bonchev–Trinajstić information content (AvgIpc) is 2.90. The van der Waals surface area contributed by atoms with Gasteiger partial charge >= 0.3 is 0 Å². The van der Waals surface area contributed by atoms with Crippen molar-refractivity contribution in [2.45, 2.75) is 46.1 Å². The second-order valence-corrected chi connectivity index (χ2v) is 6.07. The van der Waals surface area contributed by atoms with Crippen molar-refractivity contribution in [3.05, 3.63) is 51.5 Å². The smallest absolute Gasteiger partial charge is 0.0798 e. The van der Waals surface area contributed by atoms with Crippen LogP contribution >= 0.6 is 11.3 Å². The van der Waals surface area contributed by atoms with E-state index in [2.05, 4.69) is 55.3 Å². The Labute approximate surface area is 126 Å². The molecule has 3 heteroatoms. The molecule has 1 aromatic carbocycles. The third-order valence-corrected chi connectivity index (χ3v) is 4.66. The Balaban J connectivity index is 2.12. The van der Waals surface area contributed by atoms with Gasteiger partial charge in [0.05, 0.1) is 11.2 Å². The molecule has 2 aromatic rings. The molecule has 108 valence electrons. The molecule has 20 heavy (non-hydrogen) atoms. The van der Waals surface area contributed by atoms with E-state index in [4.69, 9.17) is 0 Å². The van der Waals surface area contributed by atoms with E-state index in [0.29, 0.717) is 6.04 Å². The van der Waals surface area contributed by atoms with Gasteiger partial charge in [0.2, 0.25) is 0 Å². The summed E-state index contributed by atoms with van der Waals surface area (Å²) in [5.41, 5.74) is 5.91. The minimum absolute atomic E-state index is 0.384. The highest BCUT2D eigenvalue weighted by Crippen LogP contribution is 2.25. The van der Waals surface area contributed by atoms with Crippen molar-refractivity contribution in [1.82, 2.24) is 10.3 Å². The Morgan fingerprint density at radius 2 is 1.85 bits per heavy atom. The molecule has 2 nitrogen and oxygen atoms in total. The molecule has 0 saturated carbocycles. The third kappa shape index (κ3) is 3.90. The lowest BCUT2D eigenvalue weighted by molar-refractivity contribution is 0.533. The van der Waals surface area contributed by atoms with Crippen molar-refractivity contribution >= 4 is 11.3 Å². The molecule has 0 amide bonds. The van der Waals surface area contributed by atoms with Crippen LogP contribution in [-0.2, 0) is 12.8 Å². The Hall–Kier alpha value is -1.19. The van der Waals surface area contributed by atoms with Crippen molar-refractivity contribution in [2.24, 2.45) is 0 Å². The van der Waals surface area contributed by atoms with Gasteiger partial charge in [0.1, 0.15) is 0 Å². The Bertz CT molecular complexity index is 516. The first-order valence-electron chi connectivity index (χ1n) is 7.45. The monoisotopic (exact) mass is 288 g/mol. The summed E-state index contributed by atoms with van der Waals surface area (Å²) in [5.74, 6) is 0. The van der Waals surface area contributed by atoms with Crippen LogP contribution in [0.4, 0.5) is 0 Å². The minimum atomic E-state index is 0.384. The molecule has 0 spiro atoms. The van der Waals surface area contributed by atoms with Crippen LogP contribution in [0.3, 0.4) is 0 Å². The molecule has 1 unspecified atom stereocenters. The first-order valence-corrected chi connectivity index (χ1v) is 8.33. The Morgan fingerprint density at radius 1 is 1.15 bits per heavy atom. The summed E-state index contributed by atoms with van der Waals surface area (Å²) < 4.78 is 0. The summed E-state index contributed by atoms with van der Waals surface area (Å²) in [6.07, 6.45) is 3.29. The summed E-state index contributed by atoms with van der Waals surface area (Å²) in [4.78, 5) is 5.77. The van der Waals surface area contributed by atoms with Gasteiger partial charge in [-0.1, -0.05) is 38.1 Å². The molecular formula is C17H24N2S. The first-order chi connectivity index (χ1) is 9.74. The number of benzene rings is 1. The summed E-state index contributed by atoms with van der Waals surface area (Å²) >= 11 is 1.76. The lowest BCUT2D eigenvalue weighted by atomic mass is 10.0. The van der Waals surface area contributed by atoms with Crippen molar-refractivity contribution in [1.29, 1.82) is 0 Å². The van der Waals surface area contributed by atoms with Crippen LogP contribution in [0, 0.1) is 6.92 Å².